The van der Waals surface area contributed by atoms with Crippen molar-refractivity contribution in [3.63, 3.8) is 0 Å². The van der Waals surface area contributed by atoms with Gasteiger partial charge in [-0.1, -0.05) is 72.1 Å². The van der Waals surface area contributed by atoms with Gasteiger partial charge in [0.15, 0.2) is 0 Å². The van der Waals surface area contributed by atoms with Crippen LogP contribution in [0, 0.1) is 0 Å². The molecule has 0 fully saturated rings. The first-order valence-electron chi connectivity index (χ1n) is 10.9. The molecule has 130 valence electrons. The predicted octanol–water partition coefficient (Wildman–Crippen LogP) is 8.12. The molecule has 0 spiro atoms. The summed E-state index contributed by atoms with van der Waals surface area (Å²) in [7, 11) is 0. The Kier molecular flexibility index (Phi) is 2.94. The fraction of sp³-hybridized carbons (Fsp3) is 0. The highest BCUT2D eigenvalue weighted by Crippen LogP contribution is 2.41. The van der Waals surface area contributed by atoms with Gasteiger partial charge in [0, 0.05) is 15.5 Å². The van der Waals surface area contributed by atoms with Crippen LogP contribution < -0.4 is 5.32 Å². The molecule has 3 heteroatoms. The van der Waals surface area contributed by atoms with Crippen molar-refractivity contribution in [1.29, 1.82) is 0 Å². The Morgan fingerprint density at radius 3 is 2.44 bits per heavy atom. The first kappa shape index (κ1) is 11.8. The fourth-order valence-electron chi connectivity index (χ4n) is 3.15. The Bertz CT molecular complexity index is 1500. The molecule has 0 saturated heterocycles. The maximum Gasteiger partial charge on any atom is 0.0640 e. The summed E-state index contributed by atoms with van der Waals surface area (Å²) in [6, 6.07) is 17.8. The summed E-state index contributed by atoms with van der Waals surface area (Å²) in [6.07, 6.45) is 0. The first-order chi connectivity index (χ1) is 15.4. The molecule has 5 aromatic rings. The van der Waals surface area contributed by atoms with E-state index in [0.29, 0.717) is 10.6 Å². The summed E-state index contributed by atoms with van der Waals surface area (Å²) in [6.45, 7) is 0. The van der Waals surface area contributed by atoms with Crippen molar-refractivity contribution in [3.8, 4) is 11.1 Å². The molecule has 1 N–H and O–H groups in total. The second kappa shape index (κ2) is 6.73. The van der Waals surface area contributed by atoms with Crippen molar-refractivity contribution in [1.82, 2.24) is 0 Å². The molecule has 0 saturated carbocycles. The number of nitrogens with one attached hydrogen (secondary N) is 1. The highest BCUT2D eigenvalue weighted by atomic mass is 35.5. The van der Waals surface area contributed by atoms with Crippen LogP contribution in [0.4, 0.5) is 11.4 Å². The van der Waals surface area contributed by atoms with Gasteiger partial charge in [-0.25, -0.2) is 0 Å². The number of anilines is 2. The molecular formula is C24H16ClNS. The van der Waals surface area contributed by atoms with E-state index in [4.69, 9.17) is 18.5 Å². The van der Waals surface area contributed by atoms with Gasteiger partial charge >= 0.3 is 0 Å². The zero-order valence-electron chi connectivity index (χ0n) is 19.1. The number of fused-ring (bicyclic) bond motifs is 3. The Balaban J connectivity index is 1.70. The van der Waals surface area contributed by atoms with E-state index < -0.39 is 0 Å². The van der Waals surface area contributed by atoms with E-state index in [1.165, 1.54) is 0 Å². The van der Waals surface area contributed by atoms with Crippen molar-refractivity contribution in [2.75, 3.05) is 5.32 Å². The highest BCUT2D eigenvalue weighted by molar-refractivity contribution is 7.26. The highest BCUT2D eigenvalue weighted by Gasteiger charge is 2.11. The van der Waals surface area contributed by atoms with Crippen LogP contribution >= 0.6 is 22.9 Å². The van der Waals surface area contributed by atoms with Gasteiger partial charge in [0.2, 0.25) is 0 Å². The van der Waals surface area contributed by atoms with E-state index in [-0.39, 0.29) is 35.8 Å². The number of hydrogen-bond acceptors (Lipinski definition) is 2. The quantitative estimate of drug-likeness (QED) is 0.328. The normalized spacial score (nSPS) is 13.7. The van der Waals surface area contributed by atoms with Gasteiger partial charge in [-0.15, -0.1) is 11.3 Å². The molecule has 27 heavy (non-hydrogen) atoms. The Labute approximate surface area is 173 Å². The summed E-state index contributed by atoms with van der Waals surface area (Å²) in [5, 5.41) is 6.04. The smallest absolute Gasteiger partial charge is 0.0640 e. The predicted molar refractivity (Wildman–Crippen MR) is 120 cm³/mol. The summed E-state index contributed by atoms with van der Waals surface area (Å²) in [4.78, 5) is 0. The van der Waals surface area contributed by atoms with Crippen LogP contribution in [-0.2, 0) is 0 Å². The Morgan fingerprint density at radius 2 is 1.59 bits per heavy atom. The zero-order valence-corrected chi connectivity index (χ0v) is 15.6. The van der Waals surface area contributed by atoms with Crippen LogP contribution in [0.3, 0.4) is 0 Å². The van der Waals surface area contributed by atoms with Crippen LogP contribution in [0.1, 0.15) is 6.85 Å². The van der Waals surface area contributed by atoms with Crippen molar-refractivity contribution in [2.45, 2.75) is 0 Å². The van der Waals surface area contributed by atoms with Gasteiger partial charge in [-0.3, -0.25) is 0 Å². The molecular weight excluding hydrogens is 370 g/mol. The van der Waals surface area contributed by atoms with E-state index in [0.717, 1.165) is 31.5 Å². The lowest BCUT2D eigenvalue weighted by molar-refractivity contribution is 1.59. The number of hydrogen-bond donors (Lipinski definition) is 1. The molecule has 1 nitrogen and oxygen atoms in total. The molecule has 0 bridgehead atoms. The van der Waals surface area contributed by atoms with E-state index in [2.05, 4.69) is 5.32 Å². The van der Waals surface area contributed by atoms with Crippen molar-refractivity contribution in [2.24, 2.45) is 0 Å². The average molecular weight is 391 g/mol. The second-order valence-electron chi connectivity index (χ2n) is 6.10. The number of thiophene rings is 1. The minimum Gasteiger partial charge on any atom is -0.353 e. The second-order valence-corrected chi connectivity index (χ2v) is 7.56. The Morgan fingerprint density at radius 1 is 0.778 bits per heavy atom. The number of halogens is 1. The van der Waals surface area contributed by atoms with Crippen molar-refractivity contribution < 1.29 is 6.85 Å². The summed E-state index contributed by atoms with van der Waals surface area (Å²) < 4.78 is 42.5. The third-order valence-electron chi connectivity index (χ3n) is 4.43. The fourth-order valence-corrected chi connectivity index (χ4v) is 4.49. The average Bonchev–Trinajstić information content (AvgIpc) is 3.17. The van der Waals surface area contributed by atoms with Crippen molar-refractivity contribution >= 4 is 54.5 Å². The summed E-state index contributed by atoms with van der Waals surface area (Å²) >= 11 is 7.95. The van der Waals surface area contributed by atoms with Gasteiger partial charge in [-0.05, 0) is 41.5 Å². The summed E-state index contributed by atoms with van der Waals surface area (Å²) in [5.41, 5.74) is 2.56. The molecule has 1 heterocycles. The lowest BCUT2D eigenvalue weighted by Crippen LogP contribution is -1.90. The van der Waals surface area contributed by atoms with Crippen LogP contribution in [0.15, 0.2) is 90.9 Å². The summed E-state index contributed by atoms with van der Waals surface area (Å²) in [5.74, 6) is 0. The van der Waals surface area contributed by atoms with E-state index >= 15 is 0 Å². The molecule has 4 aromatic carbocycles. The maximum atomic E-state index is 8.29. The number of benzene rings is 4. The lowest BCUT2D eigenvalue weighted by Gasteiger charge is -2.09. The molecule has 0 unspecified atom stereocenters. The lowest BCUT2D eigenvalue weighted by atomic mass is 10.0. The van der Waals surface area contributed by atoms with E-state index in [9.17, 15) is 0 Å². The zero-order chi connectivity index (χ0) is 22.6. The van der Waals surface area contributed by atoms with E-state index in [1.807, 2.05) is 60.7 Å². The van der Waals surface area contributed by atoms with Crippen molar-refractivity contribution in [3.05, 3.63) is 95.9 Å². The van der Waals surface area contributed by atoms with Gasteiger partial charge in [0.1, 0.15) is 0 Å². The molecule has 0 radical (unpaired) electrons. The number of para-hydroxylation sites is 1. The molecule has 0 aliphatic carbocycles. The third-order valence-corrected chi connectivity index (χ3v) is 5.98. The largest absolute Gasteiger partial charge is 0.353 e. The molecule has 5 rings (SSSR count). The van der Waals surface area contributed by atoms with Crippen LogP contribution in [0.5, 0.6) is 0 Å². The minimum absolute atomic E-state index is 0.198. The minimum atomic E-state index is -0.388. The molecule has 0 amide bonds. The van der Waals surface area contributed by atoms with Gasteiger partial charge in [0.25, 0.3) is 0 Å². The SMILES string of the molecule is [2H]c1c([2H])c([2H])c(-c2ccc3sc4c(Nc5ccccc5Cl)cccc4c3c2)c([2H])c1[2H]. The molecule has 0 atom stereocenters. The Hall–Kier alpha value is -2.81. The topological polar surface area (TPSA) is 12.0 Å². The van der Waals surface area contributed by atoms with E-state index in [1.54, 1.807) is 11.3 Å². The van der Waals surface area contributed by atoms with Crippen LogP contribution in [0.25, 0.3) is 31.3 Å². The van der Waals surface area contributed by atoms with Gasteiger partial charge in [-0.2, -0.15) is 0 Å². The monoisotopic (exact) mass is 390 g/mol. The first-order valence-corrected chi connectivity index (χ1v) is 9.60. The van der Waals surface area contributed by atoms with Crippen LogP contribution in [-0.4, -0.2) is 0 Å². The third kappa shape index (κ3) is 2.97. The number of rotatable bonds is 3. The molecule has 1 aromatic heterocycles. The molecule has 0 aliphatic rings. The van der Waals surface area contributed by atoms with Crippen LogP contribution in [0.2, 0.25) is 5.02 Å². The maximum absolute atomic E-state index is 8.29. The van der Waals surface area contributed by atoms with Gasteiger partial charge < -0.3 is 5.32 Å². The standard InChI is InChI=1S/C24H16ClNS/c25-20-10-4-5-11-21(20)26-22-12-6-9-18-19-15-17(16-7-2-1-3-8-16)13-14-23(19)27-24(18)22/h1-15,26H/i1D,2D,3D,7D,8D. The molecule has 0 aliphatic heterocycles. The van der Waals surface area contributed by atoms with Gasteiger partial charge in [0.05, 0.1) is 28.0 Å².